The van der Waals surface area contributed by atoms with E-state index in [0.29, 0.717) is 33.5 Å². The predicted molar refractivity (Wildman–Crippen MR) is 122 cm³/mol. The number of nitro groups is 1. The van der Waals surface area contributed by atoms with Gasteiger partial charge >= 0.3 is 5.97 Å². The molecule has 1 aromatic heterocycles. The molecule has 0 amide bonds. The molecule has 0 unspecified atom stereocenters. The Hall–Kier alpha value is -4.17. The first-order valence-corrected chi connectivity index (χ1v) is 10.1. The van der Waals surface area contributed by atoms with E-state index in [0.717, 1.165) is 0 Å². The van der Waals surface area contributed by atoms with Crippen molar-refractivity contribution in [3.05, 3.63) is 98.5 Å². The average molecular weight is 465 g/mol. The number of furan rings is 1. The summed E-state index contributed by atoms with van der Waals surface area (Å²) in [5.41, 5.74) is 1.60. The number of esters is 1. The third kappa shape index (κ3) is 4.16. The molecule has 9 heteroatoms. The van der Waals surface area contributed by atoms with Crippen molar-refractivity contribution in [2.24, 2.45) is 0 Å². The average Bonchev–Trinajstić information content (AvgIpc) is 3.37. The summed E-state index contributed by atoms with van der Waals surface area (Å²) >= 11 is 6.00. The SMILES string of the molecule is COC(=O)C1=C(C)N(c2ccc(Cl)cc2)/C(=C/c2ccc(-c3cccc([N+](=O)[O-])c3)o2)C1=O. The molecule has 1 aliphatic heterocycles. The van der Waals surface area contributed by atoms with E-state index in [9.17, 15) is 19.7 Å². The van der Waals surface area contributed by atoms with Gasteiger partial charge < -0.3 is 14.1 Å². The molecule has 0 saturated heterocycles. The van der Waals surface area contributed by atoms with Crippen LogP contribution in [0.15, 0.2) is 82.0 Å². The topological polar surface area (TPSA) is 103 Å². The number of halogens is 1. The lowest BCUT2D eigenvalue weighted by atomic mass is 10.1. The zero-order valence-corrected chi connectivity index (χ0v) is 18.3. The summed E-state index contributed by atoms with van der Waals surface area (Å²) in [6.07, 6.45) is 1.51. The normalized spacial score (nSPS) is 14.8. The molecule has 0 fully saturated rings. The van der Waals surface area contributed by atoms with Crippen LogP contribution in [-0.4, -0.2) is 23.8 Å². The van der Waals surface area contributed by atoms with Gasteiger partial charge in [-0.15, -0.1) is 0 Å². The van der Waals surface area contributed by atoms with Crippen molar-refractivity contribution in [2.45, 2.75) is 6.92 Å². The molecular formula is C24H17ClN2O6. The molecule has 2 heterocycles. The van der Waals surface area contributed by atoms with Gasteiger partial charge in [0.2, 0.25) is 5.78 Å². The lowest BCUT2D eigenvalue weighted by Gasteiger charge is -2.21. The molecule has 0 atom stereocenters. The number of anilines is 1. The molecule has 4 rings (SSSR count). The molecule has 0 radical (unpaired) electrons. The fourth-order valence-electron chi connectivity index (χ4n) is 3.57. The summed E-state index contributed by atoms with van der Waals surface area (Å²) in [7, 11) is 1.21. The third-order valence-electron chi connectivity index (χ3n) is 5.12. The highest BCUT2D eigenvalue weighted by atomic mass is 35.5. The first-order valence-electron chi connectivity index (χ1n) is 9.76. The summed E-state index contributed by atoms with van der Waals surface area (Å²) in [4.78, 5) is 37.6. The third-order valence-corrected chi connectivity index (χ3v) is 5.37. The minimum atomic E-state index is -0.739. The maximum absolute atomic E-state index is 13.2. The Labute approximate surface area is 193 Å². The van der Waals surface area contributed by atoms with E-state index < -0.39 is 16.7 Å². The highest BCUT2D eigenvalue weighted by Gasteiger charge is 2.38. The molecule has 0 spiro atoms. The number of Topliss-reactive ketones (excluding diaryl/α,β-unsaturated/α-hetero) is 1. The Balaban J connectivity index is 1.77. The Morgan fingerprint density at radius 1 is 1.15 bits per heavy atom. The number of hydrogen-bond donors (Lipinski definition) is 0. The first kappa shape index (κ1) is 22.0. The summed E-state index contributed by atoms with van der Waals surface area (Å²) in [6, 6.07) is 16.1. The fourth-order valence-corrected chi connectivity index (χ4v) is 3.70. The van der Waals surface area contributed by atoms with Gasteiger partial charge in [0.25, 0.3) is 5.69 Å². The lowest BCUT2D eigenvalue weighted by molar-refractivity contribution is -0.384. The molecule has 1 aliphatic rings. The maximum Gasteiger partial charge on any atom is 0.343 e. The second-order valence-electron chi connectivity index (χ2n) is 7.13. The Bertz CT molecular complexity index is 1340. The number of nitrogens with zero attached hydrogens (tertiary/aromatic N) is 2. The van der Waals surface area contributed by atoms with Crippen LogP contribution in [0, 0.1) is 10.1 Å². The largest absolute Gasteiger partial charge is 0.465 e. The molecule has 8 nitrogen and oxygen atoms in total. The van der Waals surface area contributed by atoms with Gasteiger partial charge in [-0.25, -0.2) is 4.79 Å². The smallest absolute Gasteiger partial charge is 0.343 e. The molecule has 0 N–H and O–H groups in total. The number of benzene rings is 2. The fraction of sp³-hybridized carbons (Fsp3) is 0.0833. The van der Waals surface area contributed by atoms with Crippen LogP contribution in [0.2, 0.25) is 5.02 Å². The molecule has 0 aliphatic carbocycles. The highest BCUT2D eigenvalue weighted by Crippen LogP contribution is 2.36. The zero-order chi connectivity index (χ0) is 23.7. The Kier molecular flexibility index (Phi) is 5.85. The van der Waals surface area contributed by atoms with Gasteiger partial charge in [-0.2, -0.15) is 0 Å². The van der Waals surface area contributed by atoms with Crippen LogP contribution in [0.4, 0.5) is 11.4 Å². The predicted octanol–water partition coefficient (Wildman–Crippen LogP) is 5.39. The van der Waals surface area contributed by atoms with E-state index in [4.69, 9.17) is 20.8 Å². The van der Waals surface area contributed by atoms with E-state index in [1.165, 1.54) is 25.3 Å². The maximum atomic E-state index is 13.2. The number of non-ortho nitro benzene ring substituents is 1. The van der Waals surface area contributed by atoms with Crippen molar-refractivity contribution >= 4 is 40.8 Å². The monoisotopic (exact) mass is 464 g/mol. The van der Waals surface area contributed by atoms with Crippen molar-refractivity contribution in [1.82, 2.24) is 0 Å². The van der Waals surface area contributed by atoms with E-state index in [1.54, 1.807) is 60.4 Å². The van der Waals surface area contributed by atoms with Crippen LogP contribution >= 0.6 is 11.6 Å². The number of methoxy groups -OCH3 is 1. The first-order chi connectivity index (χ1) is 15.8. The molecule has 33 heavy (non-hydrogen) atoms. The lowest BCUT2D eigenvalue weighted by Crippen LogP contribution is -2.18. The highest BCUT2D eigenvalue weighted by molar-refractivity contribution is 6.31. The summed E-state index contributed by atoms with van der Waals surface area (Å²) in [6.45, 7) is 1.65. The van der Waals surface area contributed by atoms with E-state index in [1.807, 2.05) is 0 Å². The van der Waals surface area contributed by atoms with Crippen LogP contribution in [0.3, 0.4) is 0 Å². The van der Waals surface area contributed by atoms with Crippen molar-refractivity contribution in [2.75, 3.05) is 12.0 Å². The van der Waals surface area contributed by atoms with Gasteiger partial charge in [-0.3, -0.25) is 14.9 Å². The minimum absolute atomic E-state index is 0.0637. The molecule has 0 saturated carbocycles. The summed E-state index contributed by atoms with van der Waals surface area (Å²) in [5, 5.41) is 11.6. The van der Waals surface area contributed by atoms with Crippen molar-refractivity contribution in [1.29, 1.82) is 0 Å². The number of hydrogen-bond acceptors (Lipinski definition) is 7. The number of nitro benzene ring substituents is 1. The van der Waals surface area contributed by atoms with E-state index in [-0.39, 0.29) is 17.0 Å². The standard InChI is InChI=1S/C24H17ClN2O6/c1-14-22(24(29)32-2)23(28)20(26(14)17-8-6-16(25)7-9-17)13-19-10-11-21(33-19)15-4-3-5-18(12-15)27(30)31/h3-13H,1-2H3/b20-13+. The second-order valence-corrected chi connectivity index (χ2v) is 7.57. The number of carbonyl (C=O) groups excluding carboxylic acids is 2. The van der Waals surface area contributed by atoms with Gasteiger partial charge in [0.1, 0.15) is 17.1 Å². The molecular weight excluding hydrogens is 448 g/mol. The Morgan fingerprint density at radius 2 is 1.88 bits per heavy atom. The van der Waals surface area contributed by atoms with Crippen LogP contribution in [0.25, 0.3) is 17.4 Å². The van der Waals surface area contributed by atoms with E-state index >= 15 is 0 Å². The molecule has 166 valence electrons. The Morgan fingerprint density at radius 3 is 2.55 bits per heavy atom. The van der Waals surface area contributed by atoms with Crippen LogP contribution < -0.4 is 4.90 Å². The number of ether oxygens (including phenoxy) is 1. The molecule has 2 aromatic carbocycles. The number of carbonyl (C=O) groups is 2. The van der Waals surface area contributed by atoms with Gasteiger partial charge in [0.05, 0.1) is 17.7 Å². The molecule has 3 aromatic rings. The van der Waals surface area contributed by atoms with Crippen LogP contribution in [-0.2, 0) is 14.3 Å². The zero-order valence-electron chi connectivity index (χ0n) is 17.6. The quantitative estimate of drug-likeness (QED) is 0.164. The summed E-state index contributed by atoms with van der Waals surface area (Å²) < 4.78 is 10.6. The van der Waals surface area contributed by atoms with Gasteiger partial charge in [0.15, 0.2) is 0 Å². The number of allylic oxidation sites excluding steroid dienone is 2. The number of ketones is 1. The van der Waals surface area contributed by atoms with Gasteiger partial charge in [0, 0.05) is 40.2 Å². The van der Waals surface area contributed by atoms with Gasteiger partial charge in [-0.1, -0.05) is 23.7 Å². The van der Waals surface area contributed by atoms with Crippen LogP contribution in [0.5, 0.6) is 0 Å². The van der Waals surface area contributed by atoms with Crippen molar-refractivity contribution in [3.8, 4) is 11.3 Å². The van der Waals surface area contributed by atoms with E-state index in [2.05, 4.69) is 0 Å². The van der Waals surface area contributed by atoms with Crippen LogP contribution in [0.1, 0.15) is 12.7 Å². The molecule has 0 bridgehead atoms. The van der Waals surface area contributed by atoms with Crippen molar-refractivity contribution < 1.29 is 23.7 Å². The second kappa shape index (κ2) is 8.76. The van der Waals surface area contributed by atoms with Crippen molar-refractivity contribution in [3.63, 3.8) is 0 Å². The minimum Gasteiger partial charge on any atom is -0.465 e. The summed E-state index contributed by atoms with van der Waals surface area (Å²) in [5.74, 6) is -0.524. The number of rotatable bonds is 5. The van der Waals surface area contributed by atoms with Gasteiger partial charge in [-0.05, 0) is 43.3 Å².